The van der Waals surface area contributed by atoms with E-state index in [9.17, 15) is 16.8 Å². The molecule has 0 aliphatic rings. The lowest BCUT2D eigenvalue weighted by Gasteiger charge is -2.12. The van der Waals surface area contributed by atoms with Gasteiger partial charge >= 0.3 is 0 Å². The summed E-state index contributed by atoms with van der Waals surface area (Å²) in [6.45, 7) is 6.14. The van der Waals surface area contributed by atoms with Crippen LogP contribution in [0.5, 0.6) is 0 Å². The summed E-state index contributed by atoms with van der Waals surface area (Å²) in [4.78, 5) is 0.245. The third kappa shape index (κ3) is 4.84. The molecule has 0 heterocycles. The van der Waals surface area contributed by atoms with Crippen molar-refractivity contribution in [1.82, 2.24) is 4.72 Å². The minimum Gasteiger partial charge on any atom is -0.280 e. The van der Waals surface area contributed by atoms with Gasteiger partial charge in [-0.15, -0.1) is 0 Å². The van der Waals surface area contributed by atoms with Crippen LogP contribution >= 0.6 is 0 Å². The molecule has 142 valence electrons. The van der Waals surface area contributed by atoms with Gasteiger partial charge in [-0.1, -0.05) is 32.9 Å². The van der Waals surface area contributed by atoms with Gasteiger partial charge in [-0.05, 0) is 54.3 Å². The van der Waals surface area contributed by atoms with Crippen molar-refractivity contribution in [2.45, 2.75) is 42.9 Å². The fourth-order valence-electron chi connectivity index (χ4n) is 2.40. The predicted molar refractivity (Wildman–Crippen MR) is 103 cm³/mol. The largest absolute Gasteiger partial charge is 0.280 e. The quantitative estimate of drug-likeness (QED) is 0.716. The molecule has 0 saturated carbocycles. The van der Waals surface area contributed by atoms with Crippen LogP contribution in [0.4, 0.5) is 5.69 Å². The first-order valence-corrected chi connectivity index (χ1v) is 11.4. The molecular weight excluding hydrogens is 372 g/mol. The van der Waals surface area contributed by atoms with E-state index in [1.54, 1.807) is 19.1 Å². The number of rotatable bonds is 8. The fraction of sp³-hybridized carbons (Fsp3) is 0.333. The first-order chi connectivity index (χ1) is 12.2. The van der Waals surface area contributed by atoms with Gasteiger partial charge in [0.25, 0.3) is 10.0 Å². The molecule has 1 unspecified atom stereocenters. The zero-order valence-electron chi connectivity index (χ0n) is 15.1. The average Bonchev–Trinajstić information content (AvgIpc) is 2.61. The lowest BCUT2D eigenvalue weighted by Crippen LogP contribution is -2.23. The highest BCUT2D eigenvalue weighted by atomic mass is 32.2. The highest BCUT2D eigenvalue weighted by molar-refractivity contribution is 7.92. The van der Waals surface area contributed by atoms with Gasteiger partial charge in [-0.25, -0.2) is 21.6 Å². The molecule has 2 aromatic carbocycles. The topological polar surface area (TPSA) is 92.3 Å². The summed E-state index contributed by atoms with van der Waals surface area (Å²) < 4.78 is 53.7. The van der Waals surface area contributed by atoms with E-state index in [0.717, 1.165) is 12.0 Å². The van der Waals surface area contributed by atoms with Crippen molar-refractivity contribution in [2.24, 2.45) is 0 Å². The zero-order valence-corrected chi connectivity index (χ0v) is 16.7. The Hall–Kier alpha value is -1.90. The van der Waals surface area contributed by atoms with E-state index in [-0.39, 0.29) is 16.3 Å². The van der Waals surface area contributed by atoms with Crippen LogP contribution in [-0.2, 0) is 20.0 Å². The van der Waals surface area contributed by atoms with Crippen LogP contribution in [0.3, 0.4) is 0 Å². The molecule has 2 rings (SSSR count). The Kier molecular flexibility index (Phi) is 6.44. The SMILES string of the molecule is CCNS(=O)(=O)c1ccc(NS(=O)(=O)c2ccc(C(C)CC)cc2)cc1. The third-order valence-corrected chi connectivity index (χ3v) is 7.08. The van der Waals surface area contributed by atoms with E-state index in [4.69, 9.17) is 0 Å². The summed E-state index contributed by atoms with van der Waals surface area (Å²) in [5.74, 6) is 0.367. The first kappa shape index (κ1) is 20.4. The molecule has 0 fully saturated rings. The van der Waals surface area contributed by atoms with E-state index in [1.165, 1.54) is 24.3 Å². The van der Waals surface area contributed by atoms with Gasteiger partial charge < -0.3 is 0 Å². The summed E-state index contributed by atoms with van der Waals surface area (Å²) in [7, 11) is -7.30. The van der Waals surface area contributed by atoms with Gasteiger partial charge in [0, 0.05) is 12.2 Å². The molecule has 0 radical (unpaired) electrons. The second-order valence-electron chi connectivity index (χ2n) is 6.01. The number of sulfonamides is 2. The van der Waals surface area contributed by atoms with Gasteiger partial charge in [0.05, 0.1) is 9.79 Å². The monoisotopic (exact) mass is 396 g/mol. The van der Waals surface area contributed by atoms with E-state index < -0.39 is 20.0 Å². The Bertz CT molecular complexity index is 936. The highest BCUT2D eigenvalue weighted by Crippen LogP contribution is 2.22. The molecule has 8 heteroatoms. The molecule has 0 aliphatic heterocycles. The van der Waals surface area contributed by atoms with Crippen LogP contribution in [-0.4, -0.2) is 23.4 Å². The number of hydrogen-bond acceptors (Lipinski definition) is 4. The van der Waals surface area contributed by atoms with Crippen LogP contribution in [0.15, 0.2) is 58.3 Å². The number of hydrogen-bond donors (Lipinski definition) is 2. The molecule has 0 aromatic heterocycles. The highest BCUT2D eigenvalue weighted by Gasteiger charge is 2.16. The first-order valence-electron chi connectivity index (χ1n) is 8.42. The van der Waals surface area contributed by atoms with Gasteiger partial charge in [0.2, 0.25) is 10.0 Å². The second kappa shape index (κ2) is 8.20. The van der Waals surface area contributed by atoms with E-state index in [2.05, 4.69) is 23.3 Å². The molecule has 6 nitrogen and oxygen atoms in total. The molecule has 0 aliphatic carbocycles. The van der Waals surface area contributed by atoms with Crippen LogP contribution in [0.25, 0.3) is 0 Å². The summed E-state index contributed by atoms with van der Waals surface area (Å²) in [5, 5.41) is 0. The minimum absolute atomic E-state index is 0.0835. The van der Waals surface area contributed by atoms with Crippen molar-refractivity contribution in [2.75, 3.05) is 11.3 Å². The molecular formula is C18H24N2O4S2. The van der Waals surface area contributed by atoms with Crippen molar-refractivity contribution in [3.63, 3.8) is 0 Å². The summed E-state index contributed by atoms with van der Waals surface area (Å²) in [6, 6.07) is 12.4. The molecule has 0 saturated heterocycles. The lowest BCUT2D eigenvalue weighted by atomic mass is 9.99. The van der Waals surface area contributed by atoms with Crippen LogP contribution in [0, 0.1) is 0 Å². The predicted octanol–water partition coefficient (Wildman–Crippen LogP) is 3.30. The van der Waals surface area contributed by atoms with E-state index in [0.29, 0.717) is 11.6 Å². The fourth-order valence-corrected chi connectivity index (χ4v) is 4.50. The summed E-state index contributed by atoms with van der Waals surface area (Å²) >= 11 is 0. The van der Waals surface area contributed by atoms with Crippen LogP contribution in [0.1, 0.15) is 38.7 Å². The molecule has 0 amide bonds. The molecule has 26 heavy (non-hydrogen) atoms. The van der Waals surface area contributed by atoms with Gasteiger partial charge in [0.1, 0.15) is 0 Å². The third-order valence-electron chi connectivity index (χ3n) is 4.12. The van der Waals surface area contributed by atoms with E-state index in [1.807, 2.05) is 12.1 Å². The minimum atomic E-state index is -3.74. The average molecular weight is 397 g/mol. The molecule has 2 N–H and O–H groups in total. The molecule has 1 atom stereocenters. The Labute approximate surface area is 155 Å². The Morgan fingerprint density at radius 2 is 1.31 bits per heavy atom. The number of anilines is 1. The van der Waals surface area contributed by atoms with Crippen molar-refractivity contribution < 1.29 is 16.8 Å². The van der Waals surface area contributed by atoms with E-state index >= 15 is 0 Å². The maximum Gasteiger partial charge on any atom is 0.261 e. The zero-order chi connectivity index (χ0) is 19.4. The van der Waals surface area contributed by atoms with Crippen molar-refractivity contribution in [3.8, 4) is 0 Å². The summed E-state index contributed by atoms with van der Waals surface area (Å²) in [5.41, 5.74) is 1.39. The maximum atomic E-state index is 12.5. The smallest absolute Gasteiger partial charge is 0.261 e. The maximum absolute atomic E-state index is 12.5. The second-order valence-corrected chi connectivity index (χ2v) is 9.46. The Morgan fingerprint density at radius 1 is 0.808 bits per heavy atom. The Balaban J connectivity index is 2.19. The molecule has 2 aromatic rings. The van der Waals surface area contributed by atoms with Gasteiger partial charge in [-0.3, -0.25) is 4.72 Å². The number of nitrogens with one attached hydrogen (secondary N) is 2. The van der Waals surface area contributed by atoms with Gasteiger partial charge in [-0.2, -0.15) is 0 Å². The van der Waals surface area contributed by atoms with Crippen LogP contribution in [0.2, 0.25) is 0 Å². The molecule has 0 spiro atoms. The standard InChI is InChI=1S/C18H24N2O4S2/c1-4-14(3)15-6-10-18(11-7-15)26(23,24)20-16-8-12-17(13-9-16)25(21,22)19-5-2/h6-14,19-20H,4-5H2,1-3H3. The van der Waals surface area contributed by atoms with Crippen molar-refractivity contribution in [1.29, 1.82) is 0 Å². The van der Waals surface area contributed by atoms with Crippen LogP contribution < -0.4 is 9.44 Å². The van der Waals surface area contributed by atoms with Crippen molar-refractivity contribution >= 4 is 25.7 Å². The van der Waals surface area contributed by atoms with Crippen molar-refractivity contribution in [3.05, 3.63) is 54.1 Å². The Morgan fingerprint density at radius 3 is 1.81 bits per heavy atom. The number of benzene rings is 2. The normalized spacial score (nSPS) is 13.3. The summed E-state index contributed by atoms with van der Waals surface area (Å²) in [6.07, 6.45) is 0.979. The van der Waals surface area contributed by atoms with Gasteiger partial charge in [0.15, 0.2) is 0 Å². The molecule has 0 bridgehead atoms. The lowest BCUT2D eigenvalue weighted by molar-refractivity contribution is 0.584.